The molecule has 4 fully saturated rings. The van der Waals surface area contributed by atoms with Crippen molar-refractivity contribution in [3.8, 4) is 5.75 Å². The number of benzene rings is 1. The summed E-state index contributed by atoms with van der Waals surface area (Å²) in [5, 5.41) is 108. The molecule has 1 aromatic rings. The predicted octanol–water partition coefficient (Wildman–Crippen LogP) is -3.75. The van der Waals surface area contributed by atoms with Gasteiger partial charge in [-0.3, -0.25) is 23.7 Å². The quantitative estimate of drug-likeness (QED) is 0.0218. The summed E-state index contributed by atoms with van der Waals surface area (Å²) in [7, 11) is -5.17. The first-order valence-electron chi connectivity index (χ1n) is 26.5. The number of carbonyl (C=O) groups excluding carboxylic acids is 4. The van der Waals surface area contributed by atoms with E-state index >= 15 is 0 Å². The molecule has 13 N–H and O–H groups in total. The van der Waals surface area contributed by atoms with Crippen molar-refractivity contribution in [2.24, 2.45) is 0 Å². The highest BCUT2D eigenvalue weighted by atomic mass is 32.3. The zero-order valence-corrected chi connectivity index (χ0v) is 46.0. The summed E-state index contributed by atoms with van der Waals surface area (Å²) in [6.07, 6.45) is -17.9. The van der Waals surface area contributed by atoms with Gasteiger partial charge in [0.05, 0.1) is 33.0 Å². The fourth-order valence-corrected chi connectivity index (χ4v) is 10.2. The van der Waals surface area contributed by atoms with E-state index in [4.69, 9.17) is 37.9 Å². The van der Waals surface area contributed by atoms with Crippen molar-refractivity contribution < 1.29 is 120 Å². The van der Waals surface area contributed by atoms with Crippen molar-refractivity contribution in [1.82, 2.24) is 20.9 Å². The highest BCUT2D eigenvalue weighted by molar-refractivity contribution is 7.80. The summed E-state index contributed by atoms with van der Waals surface area (Å²) >= 11 is 0. The van der Waals surface area contributed by atoms with Crippen molar-refractivity contribution in [1.29, 1.82) is 0 Å². The molecule has 30 heteroatoms. The average Bonchev–Trinajstić information content (AvgIpc) is 3.57. The molecule has 1 aromatic carbocycles. The first kappa shape index (κ1) is 66.7. The molecule has 456 valence electrons. The van der Waals surface area contributed by atoms with E-state index in [9.17, 15) is 78.1 Å². The minimum Gasteiger partial charge on any atom is -0.494 e. The third kappa shape index (κ3) is 18.4. The van der Waals surface area contributed by atoms with Crippen molar-refractivity contribution in [2.45, 2.75) is 209 Å². The number of hydrogen-bond donors (Lipinski definition) is 13. The molecule has 80 heavy (non-hydrogen) atoms. The average molecular weight is 1170 g/mol. The molecule has 4 heterocycles. The molecule has 4 amide bonds. The van der Waals surface area contributed by atoms with Crippen molar-refractivity contribution in [3.63, 3.8) is 0 Å². The van der Waals surface area contributed by atoms with Crippen molar-refractivity contribution in [3.05, 3.63) is 42.0 Å². The predicted molar refractivity (Wildman–Crippen MR) is 272 cm³/mol. The maximum atomic E-state index is 13.6. The van der Waals surface area contributed by atoms with E-state index in [0.717, 1.165) is 51.4 Å². The van der Waals surface area contributed by atoms with Gasteiger partial charge in [0.15, 0.2) is 25.2 Å². The Morgan fingerprint density at radius 3 is 1.64 bits per heavy atom. The Kier molecular flexibility index (Phi) is 26.3. The van der Waals surface area contributed by atoms with E-state index in [0.29, 0.717) is 17.9 Å². The SMILES string of the molecule is CCCCCC/C=C\CCCOc1cccc(CN(C(C)=O)C2[C@H](O[C@H]3C(O)C(NC(C)=O)[C@H](O[C@@H]4C(CO)O[C@@H](O[C@H]5C(O)C(NC(C)=O)C(O)O[C@H]5COS(=O)(=O)O)C(NC(C)=O)[C@H]4O)O[C@H]3CO)OC(CO)[C@@H](O)[C@@H]2O)c1. The van der Waals surface area contributed by atoms with Crippen LogP contribution in [0.4, 0.5) is 0 Å². The van der Waals surface area contributed by atoms with Gasteiger partial charge in [-0.05, 0) is 43.4 Å². The lowest BCUT2D eigenvalue weighted by molar-refractivity contribution is -0.364. The first-order valence-corrected chi connectivity index (χ1v) is 27.9. The molecule has 0 saturated carbocycles. The maximum absolute atomic E-state index is 13.6. The van der Waals surface area contributed by atoms with E-state index in [-0.39, 0.29) is 6.54 Å². The van der Waals surface area contributed by atoms with Gasteiger partial charge in [0.25, 0.3) is 0 Å². The number of carbonyl (C=O) groups is 4. The Morgan fingerprint density at radius 2 is 1.12 bits per heavy atom. The fourth-order valence-electron chi connectivity index (χ4n) is 9.91. The summed E-state index contributed by atoms with van der Waals surface area (Å²) in [4.78, 5) is 52.2. The standard InChI is InChI=1S/C50H80N4O25S/c1-6-7-8-9-10-11-12-13-14-18-71-30-17-15-16-29(19-30)20-54(28(5)61)38-43(66)39(62)31(21-55)74-50(38)79-45-33(23-57)76-48(37(42(45)65)53-27(4)60)77-44-32(22-56)75-49(36(41(44)64)52-26(3)59)78-46-34(24-72-80(68,69)70)73-47(67)35(40(46)63)51-25(2)58/h11-12,15-17,19,31-50,55-57,62-67H,6-10,13-14,18,20-24H2,1-5H3,(H,51,58)(H,52,59)(H,53,60)(H,68,69,70)/b12-11-/t31?,32?,33-,34-,35?,36?,37?,38?,39+,40?,41+,42?,43+,44+,45+,46+,47?,48-,49-,50-/m0/s1. The fraction of sp³-hybridized carbons (Fsp3) is 0.760. The van der Waals surface area contributed by atoms with Gasteiger partial charge in [-0.25, -0.2) is 4.18 Å². The lowest BCUT2D eigenvalue weighted by atomic mass is 9.92. The molecule has 9 unspecified atom stereocenters. The molecule has 0 radical (unpaired) electrons. The summed E-state index contributed by atoms with van der Waals surface area (Å²) < 4.78 is 84.6. The van der Waals surface area contributed by atoms with Crippen LogP contribution in [0.2, 0.25) is 0 Å². The number of nitrogens with zero attached hydrogens (tertiary/aromatic N) is 1. The van der Waals surface area contributed by atoms with Crippen LogP contribution in [0.3, 0.4) is 0 Å². The Bertz CT molecular complexity index is 2270. The number of rotatable bonds is 28. The Labute approximate surface area is 463 Å². The Balaban J connectivity index is 1.38. The van der Waals surface area contributed by atoms with Gasteiger partial charge in [-0.2, -0.15) is 8.42 Å². The number of aliphatic hydroxyl groups excluding tert-OH is 9. The zero-order chi connectivity index (χ0) is 59.0. The van der Waals surface area contributed by atoms with Crippen LogP contribution in [0.5, 0.6) is 5.75 Å². The second kappa shape index (κ2) is 31.5. The highest BCUT2D eigenvalue weighted by Crippen LogP contribution is 2.36. The van der Waals surface area contributed by atoms with Gasteiger partial charge in [-0.15, -0.1) is 0 Å². The van der Waals surface area contributed by atoms with Crippen LogP contribution in [0.1, 0.15) is 85.1 Å². The van der Waals surface area contributed by atoms with Gasteiger partial charge in [0, 0.05) is 34.2 Å². The molecule has 4 aliphatic heterocycles. The molecule has 5 rings (SSSR count). The number of hydrogen-bond acceptors (Lipinski definition) is 24. The number of amides is 4. The zero-order valence-electron chi connectivity index (χ0n) is 45.2. The van der Waals surface area contributed by atoms with E-state index in [1.807, 2.05) is 0 Å². The van der Waals surface area contributed by atoms with E-state index in [2.05, 4.69) is 39.2 Å². The summed E-state index contributed by atoms with van der Waals surface area (Å²) in [5.41, 5.74) is 0.522. The minimum atomic E-state index is -5.17. The van der Waals surface area contributed by atoms with Crippen LogP contribution >= 0.6 is 0 Å². The summed E-state index contributed by atoms with van der Waals surface area (Å²) in [5.74, 6) is -2.56. The van der Waals surface area contributed by atoms with Crippen molar-refractivity contribution in [2.75, 3.05) is 33.0 Å². The molecule has 29 nitrogen and oxygen atoms in total. The molecule has 0 spiro atoms. The van der Waals surface area contributed by atoms with Crippen LogP contribution < -0.4 is 20.7 Å². The largest absolute Gasteiger partial charge is 0.494 e. The third-order valence-corrected chi connectivity index (χ3v) is 14.2. The number of unbranched alkanes of at least 4 members (excludes halogenated alkanes) is 5. The van der Waals surface area contributed by atoms with Gasteiger partial charge in [0.1, 0.15) is 103 Å². The molecule has 4 saturated heterocycles. The highest BCUT2D eigenvalue weighted by Gasteiger charge is 2.57. The lowest BCUT2D eigenvalue weighted by Gasteiger charge is -2.51. The molecular formula is C50H80N4O25S. The van der Waals surface area contributed by atoms with E-state index in [1.54, 1.807) is 24.3 Å². The van der Waals surface area contributed by atoms with Crippen LogP contribution in [-0.4, -0.2) is 243 Å². The number of aliphatic hydroxyl groups is 9. The molecule has 0 aromatic heterocycles. The second-order valence-corrected chi connectivity index (χ2v) is 21.1. The normalized spacial score (nSPS) is 34.8. The van der Waals surface area contributed by atoms with Gasteiger partial charge in [-0.1, -0.05) is 50.5 Å². The minimum absolute atomic E-state index is 0.214. The van der Waals surface area contributed by atoms with Crippen LogP contribution in [-0.2, 0) is 73.5 Å². The van der Waals surface area contributed by atoms with Gasteiger partial charge < -0.3 is 105 Å². The first-order chi connectivity index (χ1) is 37.9. The lowest BCUT2D eigenvalue weighted by Crippen LogP contribution is -2.71. The summed E-state index contributed by atoms with van der Waals surface area (Å²) in [6.45, 7) is 2.65. The van der Waals surface area contributed by atoms with Crippen LogP contribution in [0, 0.1) is 0 Å². The van der Waals surface area contributed by atoms with Crippen molar-refractivity contribution >= 4 is 34.0 Å². The second-order valence-electron chi connectivity index (χ2n) is 20.0. The smallest absolute Gasteiger partial charge is 0.397 e. The molecule has 20 atom stereocenters. The van der Waals surface area contributed by atoms with Gasteiger partial charge >= 0.3 is 10.4 Å². The topological polar surface area (TPSA) is 427 Å². The number of nitrogens with one attached hydrogen (secondary N) is 3. The molecule has 0 bridgehead atoms. The Morgan fingerprint density at radius 1 is 0.625 bits per heavy atom. The van der Waals surface area contributed by atoms with E-state index < -0.39 is 183 Å². The molecule has 4 aliphatic rings. The van der Waals surface area contributed by atoms with Crippen LogP contribution in [0.15, 0.2) is 36.4 Å². The summed E-state index contributed by atoms with van der Waals surface area (Å²) in [6, 6.07) is 0.0924. The monoisotopic (exact) mass is 1170 g/mol. The third-order valence-electron chi connectivity index (χ3n) is 13.8. The molecule has 0 aliphatic carbocycles. The maximum Gasteiger partial charge on any atom is 0.397 e. The Hall–Kier alpha value is -4.13. The number of ether oxygens (including phenoxy) is 8. The molecular weight excluding hydrogens is 1090 g/mol. The van der Waals surface area contributed by atoms with Crippen LogP contribution in [0.25, 0.3) is 0 Å². The van der Waals surface area contributed by atoms with E-state index in [1.165, 1.54) is 26.2 Å². The number of allylic oxidation sites excluding steroid dienone is 2. The van der Waals surface area contributed by atoms with Gasteiger partial charge in [0.2, 0.25) is 23.6 Å².